The summed E-state index contributed by atoms with van der Waals surface area (Å²) < 4.78 is 24.7. The van der Waals surface area contributed by atoms with E-state index in [9.17, 15) is 14.5 Å². The third-order valence-electron chi connectivity index (χ3n) is 10.3. The van der Waals surface area contributed by atoms with E-state index in [0.717, 1.165) is 43.2 Å². The van der Waals surface area contributed by atoms with Crippen LogP contribution in [0, 0.1) is 29.1 Å². The van der Waals surface area contributed by atoms with E-state index in [1.807, 2.05) is 62.4 Å². The van der Waals surface area contributed by atoms with Crippen LogP contribution in [0.5, 0.6) is 0 Å². The van der Waals surface area contributed by atoms with Gasteiger partial charge in [-0.1, -0.05) is 54.7 Å². The maximum atomic E-state index is 13.5. The molecule has 0 amide bonds. The first-order valence-corrected chi connectivity index (χ1v) is 17.0. The number of carbonyl (C=O) groups excluding carboxylic acids is 1. The Hall–Kier alpha value is -1.34. The average Bonchev–Trinajstić information content (AvgIpc) is 3.26. The number of benzene rings is 2. The number of hydrogen-bond donors (Lipinski definition) is 1. The van der Waals surface area contributed by atoms with Crippen LogP contribution < -0.4 is 5.30 Å². The number of allylic oxidation sites excluding steroid dienone is 4. The quantitative estimate of drug-likeness (QED) is 0.245. The predicted molar refractivity (Wildman–Crippen MR) is 207 cm³/mol. The molecule has 5 atom stereocenters. The summed E-state index contributed by atoms with van der Waals surface area (Å²) in [7, 11) is -3.40. The molecule has 10 heteroatoms. The lowest BCUT2D eigenvalue weighted by atomic mass is 9.51. The van der Waals surface area contributed by atoms with Gasteiger partial charge in [-0.3, -0.25) is 9.36 Å². The lowest BCUT2D eigenvalue weighted by molar-refractivity contribution is -0.114. The minimum Gasteiger partial charge on any atom is -0.377 e. The van der Waals surface area contributed by atoms with E-state index in [4.69, 9.17) is 9.05 Å². The smallest absolute Gasteiger partial charge is 0.361 e. The monoisotopic (exact) mass is 720 g/mol. The molecule has 0 saturated heterocycles. The van der Waals surface area contributed by atoms with Gasteiger partial charge in [-0.25, -0.2) is 0 Å². The van der Waals surface area contributed by atoms with Crippen LogP contribution in [-0.4, -0.2) is 29.7 Å². The summed E-state index contributed by atoms with van der Waals surface area (Å²) in [6, 6.07) is 17.8. The van der Waals surface area contributed by atoms with E-state index in [2.05, 4.69) is 30.9 Å². The molecule has 1 N–H and O–H groups in total. The van der Waals surface area contributed by atoms with Gasteiger partial charge in [0.05, 0.1) is 18.5 Å². The van der Waals surface area contributed by atoms with Crippen molar-refractivity contribution in [2.24, 2.45) is 17.3 Å². The van der Waals surface area contributed by atoms with Crippen molar-refractivity contribution in [2.45, 2.75) is 77.2 Å². The molecule has 46 heavy (non-hydrogen) atoms. The molecule has 4 aliphatic rings. The minimum atomic E-state index is -3.40. The van der Waals surface area contributed by atoms with Gasteiger partial charge in [0.2, 0.25) is 0 Å². The highest BCUT2D eigenvalue weighted by Gasteiger charge is 2.62. The number of ketones is 1. The summed E-state index contributed by atoms with van der Waals surface area (Å²) in [5.41, 5.74) is 4.57. The Morgan fingerprint density at radius 2 is 1.57 bits per heavy atom. The fourth-order valence-corrected chi connectivity index (χ4v) is 9.85. The molecule has 0 radical (unpaired) electrons. The van der Waals surface area contributed by atoms with Crippen LogP contribution in [0.1, 0.15) is 82.8 Å². The van der Waals surface area contributed by atoms with Crippen LogP contribution in [0.4, 0.5) is 0 Å². The summed E-state index contributed by atoms with van der Waals surface area (Å²) in [6.07, 6.45) is 7.48. The van der Waals surface area contributed by atoms with Crippen molar-refractivity contribution < 1.29 is 23.5 Å². The van der Waals surface area contributed by atoms with Gasteiger partial charge in [-0.15, -0.1) is 0 Å². The average molecular weight is 721 g/mol. The Labute approximate surface area is 302 Å². The molecule has 2 fully saturated rings. The SMILES string of the molecule is CCOP(=O)(OCC)c1ccc([C@H]2C[C@@]3(C)[C@@H](CC[C@@]3(O)C#Cc3ccccc3)[C@@H]3CCC4=CC(=O)CCC4=C32)cc1.S.S.S.S. The van der Waals surface area contributed by atoms with Crippen molar-refractivity contribution in [2.75, 3.05) is 13.2 Å². The summed E-state index contributed by atoms with van der Waals surface area (Å²) in [5, 5.41) is 12.8. The van der Waals surface area contributed by atoms with Crippen molar-refractivity contribution >= 4 is 72.7 Å². The number of aliphatic hydroxyl groups is 1. The zero-order valence-electron chi connectivity index (χ0n) is 26.9. The number of hydrogen-bond acceptors (Lipinski definition) is 5. The van der Waals surface area contributed by atoms with E-state index >= 15 is 0 Å². The van der Waals surface area contributed by atoms with Crippen LogP contribution >= 0.6 is 61.6 Å². The summed E-state index contributed by atoms with van der Waals surface area (Å²) in [6.45, 7) is 6.49. The van der Waals surface area contributed by atoms with Crippen LogP contribution in [0.2, 0.25) is 0 Å². The molecule has 6 rings (SSSR count). The van der Waals surface area contributed by atoms with E-state index in [1.54, 1.807) is 0 Å². The van der Waals surface area contributed by atoms with Crippen LogP contribution in [0.15, 0.2) is 77.4 Å². The standard InChI is InChI=1S/C36H41O5P.4H2S/c1-4-40-42(39,41-5-2)29-15-11-26(12-16-29)32-24-35(3)33(20-22-36(35,38)21-19-25-9-7-6-8-10-25)31-17-13-27-23-28(37)14-18-30(27)34(31)32;;;;/h6-12,15-16,23,31-33,38H,4-5,13-14,17-18,20,22,24H2,1-3H3;4*1H2/t31-,32+,33-,35-,36-;;;;/m0..../s1. The van der Waals surface area contributed by atoms with Crippen molar-refractivity contribution in [3.8, 4) is 11.8 Å². The second-order valence-corrected chi connectivity index (χ2v) is 14.5. The molecule has 252 valence electrons. The van der Waals surface area contributed by atoms with Crippen molar-refractivity contribution in [3.05, 3.63) is 88.5 Å². The summed E-state index contributed by atoms with van der Waals surface area (Å²) >= 11 is 0. The summed E-state index contributed by atoms with van der Waals surface area (Å²) in [5.74, 6) is 7.60. The number of fused-ring (bicyclic) bond motifs is 4. The molecule has 5 nitrogen and oxygen atoms in total. The van der Waals surface area contributed by atoms with Gasteiger partial charge in [0.1, 0.15) is 5.60 Å². The van der Waals surface area contributed by atoms with Gasteiger partial charge < -0.3 is 14.2 Å². The minimum absolute atomic E-state index is 0. The molecule has 0 bridgehead atoms. The third-order valence-corrected chi connectivity index (χ3v) is 12.4. The lowest BCUT2D eigenvalue weighted by Crippen LogP contribution is -2.51. The molecular weight excluding hydrogens is 672 g/mol. The Kier molecular flexibility index (Phi) is 14.5. The second-order valence-electron chi connectivity index (χ2n) is 12.4. The van der Waals surface area contributed by atoms with Crippen molar-refractivity contribution in [3.63, 3.8) is 0 Å². The molecule has 2 saturated carbocycles. The first kappa shape index (κ1) is 40.8. The highest BCUT2D eigenvalue weighted by molar-refractivity contribution is 7.62. The lowest BCUT2D eigenvalue weighted by Gasteiger charge is -2.53. The van der Waals surface area contributed by atoms with Gasteiger partial charge in [0, 0.05) is 23.3 Å². The van der Waals surface area contributed by atoms with Gasteiger partial charge >= 0.3 is 7.60 Å². The van der Waals surface area contributed by atoms with E-state index in [0.29, 0.717) is 43.2 Å². The maximum absolute atomic E-state index is 13.5. The number of carbonyl (C=O) groups is 1. The van der Waals surface area contributed by atoms with E-state index in [1.165, 1.54) is 16.7 Å². The number of rotatable bonds is 6. The Morgan fingerprint density at radius 3 is 2.20 bits per heavy atom. The van der Waals surface area contributed by atoms with Gasteiger partial charge in [0.25, 0.3) is 0 Å². The van der Waals surface area contributed by atoms with Crippen LogP contribution in [0.3, 0.4) is 0 Å². The first-order chi connectivity index (χ1) is 20.2. The fourth-order valence-electron chi connectivity index (χ4n) is 8.28. The Bertz CT molecular complexity index is 1540. The Morgan fingerprint density at radius 1 is 0.913 bits per heavy atom. The molecule has 0 aliphatic heterocycles. The predicted octanol–water partition coefficient (Wildman–Crippen LogP) is 7.71. The van der Waals surface area contributed by atoms with Gasteiger partial charge in [0.15, 0.2) is 5.78 Å². The molecule has 2 aromatic carbocycles. The molecule has 0 aromatic heterocycles. The third kappa shape index (κ3) is 7.31. The van der Waals surface area contributed by atoms with Crippen LogP contribution in [0.25, 0.3) is 0 Å². The topological polar surface area (TPSA) is 72.8 Å². The van der Waals surface area contributed by atoms with E-state index < -0.39 is 18.6 Å². The Balaban J connectivity index is 0.00000184. The molecule has 0 unspecified atom stereocenters. The van der Waals surface area contributed by atoms with Crippen LogP contribution in [-0.2, 0) is 18.4 Å². The molecule has 0 heterocycles. The van der Waals surface area contributed by atoms with E-state index in [-0.39, 0.29) is 65.7 Å². The zero-order valence-corrected chi connectivity index (χ0v) is 31.8. The maximum Gasteiger partial charge on any atom is 0.361 e. The van der Waals surface area contributed by atoms with Gasteiger partial charge in [-0.05, 0) is 111 Å². The fraction of sp³-hybridized carbons (Fsp3) is 0.472. The highest BCUT2D eigenvalue weighted by atomic mass is 32.1. The molecule has 2 aromatic rings. The molecular formula is C36H49O5PS4. The molecule has 4 aliphatic carbocycles. The highest BCUT2D eigenvalue weighted by Crippen LogP contribution is 2.66. The van der Waals surface area contributed by atoms with Crippen molar-refractivity contribution in [1.29, 1.82) is 0 Å². The van der Waals surface area contributed by atoms with Crippen molar-refractivity contribution in [1.82, 2.24) is 0 Å². The first-order valence-electron chi connectivity index (χ1n) is 15.5. The van der Waals surface area contributed by atoms with Gasteiger partial charge in [-0.2, -0.15) is 54.0 Å². The second kappa shape index (κ2) is 16.4. The normalized spacial score (nSPS) is 27.9. The largest absolute Gasteiger partial charge is 0.377 e. The summed E-state index contributed by atoms with van der Waals surface area (Å²) in [4.78, 5) is 12.4. The molecule has 0 spiro atoms. The zero-order chi connectivity index (χ0) is 29.5.